The third-order valence-corrected chi connectivity index (χ3v) is 7.43. The van der Waals surface area contributed by atoms with Crippen LogP contribution < -0.4 is 10.1 Å². The van der Waals surface area contributed by atoms with Gasteiger partial charge in [-0.25, -0.2) is 0 Å². The number of carbonyl (C=O) groups is 1. The molecular weight excluding hydrogens is 380 g/mol. The third kappa shape index (κ3) is 3.24. The quantitative estimate of drug-likeness (QED) is 0.538. The van der Waals surface area contributed by atoms with Crippen LogP contribution in [0.2, 0.25) is 0 Å². The maximum absolute atomic E-state index is 12.6. The third-order valence-electron chi connectivity index (χ3n) is 7.43. The minimum atomic E-state index is -0.546. The molecule has 6 rings (SSSR count). The van der Waals surface area contributed by atoms with Crippen LogP contribution in [-0.2, 0) is 5.41 Å². The van der Waals surface area contributed by atoms with Crippen molar-refractivity contribution in [3.8, 4) is 5.75 Å². The van der Waals surface area contributed by atoms with Crippen LogP contribution in [0.25, 0.3) is 0 Å². The average Bonchev–Trinajstić information content (AvgIpc) is 2.72. The largest absolute Gasteiger partial charge is 0.490 e. The second kappa shape index (κ2) is 7.11. The van der Waals surface area contributed by atoms with Crippen molar-refractivity contribution in [3.63, 3.8) is 0 Å². The Labute approximate surface area is 175 Å². The van der Waals surface area contributed by atoms with Crippen molar-refractivity contribution in [3.05, 3.63) is 63.7 Å². The lowest BCUT2D eigenvalue weighted by Gasteiger charge is -2.57. The minimum absolute atomic E-state index is 0.136. The molecule has 0 atom stereocenters. The number of nitro groups is 1. The summed E-state index contributed by atoms with van der Waals surface area (Å²) < 4.78 is 5.00. The van der Waals surface area contributed by atoms with E-state index in [2.05, 4.69) is 17.4 Å². The number of benzene rings is 2. The van der Waals surface area contributed by atoms with Gasteiger partial charge in [-0.1, -0.05) is 12.1 Å². The van der Waals surface area contributed by atoms with Crippen LogP contribution in [0.15, 0.2) is 42.5 Å². The molecule has 4 bridgehead atoms. The first-order valence-corrected chi connectivity index (χ1v) is 10.7. The Morgan fingerprint density at radius 3 is 2.17 bits per heavy atom. The smallest absolute Gasteiger partial charge is 0.311 e. The van der Waals surface area contributed by atoms with E-state index in [1.807, 2.05) is 12.1 Å². The number of ether oxygens (including phenoxy) is 1. The van der Waals surface area contributed by atoms with Crippen molar-refractivity contribution in [2.45, 2.75) is 43.9 Å². The molecule has 6 heteroatoms. The lowest BCUT2D eigenvalue weighted by atomic mass is 9.48. The van der Waals surface area contributed by atoms with Gasteiger partial charge in [0.25, 0.3) is 5.91 Å². The van der Waals surface area contributed by atoms with Crippen LogP contribution in [0.4, 0.5) is 11.4 Å². The lowest BCUT2D eigenvalue weighted by molar-refractivity contribution is -0.385. The van der Waals surface area contributed by atoms with Crippen molar-refractivity contribution in [2.75, 3.05) is 12.4 Å². The van der Waals surface area contributed by atoms with Crippen molar-refractivity contribution in [1.29, 1.82) is 0 Å². The molecule has 0 heterocycles. The summed E-state index contributed by atoms with van der Waals surface area (Å²) in [5.41, 5.74) is 2.44. The highest BCUT2D eigenvalue weighted by atomic mass is 16.6. The Morgan fingerprint density at radius 2 is 1.63 bits per heavy atom. The molecule has 1 N–H and O–H groups in total. The number of rotatable bonds is 5. The molecule has 0 aliphatic heterocycles. The first-order chi connectivity index (χ1) is 14.5. The molecule has 0 radical (unpaired) electrons. The van der Waals surface area contributed by atoms with E-state index in [9.17, 15) is 14.9 Å². The Balaban J connectivity index is 1.33. The zero-order valence-corrected chi connectivity index (χ0v) is 17.1. The van der Waals surface area contributed by atoms with E-state index >= 15 is 0 Å². The van der Waals surface area contributed by atoms with Gasteiger partial charge in [-0.15, -0.1) is 0 Å². The molecule has 1 amide bonds. The van der Waals surface area contributed by atoms with Gasteiger partial charge in [0, 0.05) is 17.3 Å². The van der Waals surface area contributed by atoms with Crippen LogP contribution in [0.1, 0.15) is 54.4 Å². The molecular formula is C24H26N2O4. The first kappa shape index (κ1) is 19.1. The van der Waals surface area contributed by atoms with Crippen LogP contribution in [0.3, 0.4) is 0 Å². The van der Waals surface area contributed by atoms with Crippen molar-refractivity contribution in [2.24, 2.45) is 17.8 Å². The predicted molar refractivity (Wildman–Crippen MR) is 114 cm³/mol. The number of hydrogen-bond acceptors (Lipinski definition) is 4. The number of methoxy groups -OCH3 is 1. The van der Waals surface area contributed by atoms with Gasteiger partial charge in [-0.3, -0.25) is 14.9 Å². The van der Waals surface area contributed by atoms with E-state index in [4.69, 9.17) is 4.74 Å². The molecule has 0 aromatic heterocycles. The molecule has 0 unspecified atom stereocenters. The summed E-state index contributed by atoms with van der Waals surface area (Å²) >= 11 is 0. The maximum Gasteiger partial charge on any atom is 0.311 e. The Morgan fingerprint density at radius 1 is 1.03 bits per heavy atom. The van der Waals surface area contributed by atoms with E-state index in [-0.39, 0.29) is 22.9 Å². The summed E-state index contributed by atoms with van der Waals surface area (Å²) in [5, 5.41) is 14.1. The van der Waals surface area contributed by atoms with Gasteiger partial charge >= 0.3 is 5.69 Å². The van der Waals surface area contributed by atoms with Crippen LogP contribution in [-0.4, -0.2) is 17.9 Å². The summed E-state index contributed by atoms with van der Waals surface area (Å²) in [6.07, 6.45) is 8.17. The van der Waals surface area contributed by atoms with E-state index in [1.165, 1.54) is 69.4 Å². The predicted octanol–water partition coefficient (Wildman–Crippen LogP) is 5.32. The average molecular weight is 406 g/mol. The Hall–Kier alpha value is -2.89. The number of carbonyl (C=O) groups excluding carboxylic acids is 1. The van der Waals surface area contributed by atoms with Crippen LogP contribution in [0.5, 0.6) is 5.75 Å². The number of nitrogens with zero attached hydrogens (tertiary/aromatic N) is 1. The molecule has 4 saturated carbocycles. The summed E-state index contributed by atoms with van der Waals surface area (Å²) in [6, 6.07) is 12.5. The fourth-order valence-electron chi connectivity index (χ4n) is 6.55. The van der Waals surface area contributed by atoms with E-state index in [1.54, 1.807) is 0 Å². The zero-order valence-electron chi connectivity index (χ0n) is 17.1. The zero-order chi connectivity index (χ0) is 20.9. The minimum Gasteiger partial charge on any atom is -0.490 e. The normalized spacial score (nSPS) is 28.9. The lowest BCUT2D eigenvalue weighted by Crippen LogP contribution is -2.48. The summed E-state index contributed by atoms with van der Waals surface area (Å²) in [6.45, 7) is 0. The van der Waals surface area contributed by atoms with Crippen LogP contribution >= 0.6 is 0 Å². The number of amides is 1. The second-order valence-electron chi connectivity index (χ2n) is 9.37. The van der Waals surface area contributed by atoms with E-state index < -0.39 is 4.92 Å². The Kier molecular flexibility index (Phi) is 4.53. The SMILES string of the molecule is COc1ccc(C(=O)Nc2ccc(C34CC5CC(CC(C5)C3)C4)cc2)cc1[N+](=O)[O-]. The van der Waals surface area contributed by atoms with Gasteiger partial charge in [0.1, 0.15) is 0 Å². The topological polar surface area (TPSA) is 81.5 Å². The van der Waals surface area contributed by atoms with Gasteiger partial charge in [-0.05, 0) is 91.5 Å². The highest BCUT2D eigenvalue weighted by Gasteiger charge is 2.51. The number of nitrogens with one attached hydrogen (secondary N) is 1. The van der Waals surface area contributed by atoms with Gasteiger partial charge in [0.15, 0.2) is 5.75 Å². The van der Waals surface area contributed by atoms with Gasteiger partial charge in [0.05, 0.1) is 12.0 Å². The Bertz CT molecular complexity index is 963. The molecule has 4 fully saturated rings. The molecule has 4 aliphatic carbocycles. The van der Waals surface area contributed by atoms with Gasteiger partial charge in [0.2, 0.25) is 0 Å². The summed E-state index contributed by atoms with van der Waals surface area (Å²) in [7, 11) is 1.37. The summed E-state index contributed by atoms with van der Waals surface area (Å²) in [5.74, 6) is 2.43. The summed E-state index contributed by atoms with van der Waals surface area (Å²) in [4.78, 5) is 23.3. The number of hydrogen-bond donors (Lipinski definition) is 1. The van der Waals surface area contributed by atoms with Crippen molar-refractivity contribution < 1.29 is 14.5 Å². The fraction of sp³-hybridized carbons (Fsp3) is 0.458. The van der Waals surface area contributed by atoms with E-state index in [0.717, 1.165) is 17.8 Å². The number of nitro benzene ring substituents is 1. The molecule has 30 heavy (non-hydrogen) atoms. The highest BCUT2D eigenvalue weighted by Crippen LogP contribution is 2.60. The number of anilines is 1. The molecule has 6 nitrogen and oxygen atoms in total. The molecule has 2 aromatic carbocycles. The molecule has 156 valence electrons. The molecule has 4 aliphatic rings. The second-order valence-corrected chi connectivity index (χ2v) is 9.37. The molecule has 0 saturated heterocycles. The van der Waals surface area contributed by atoms with Gasteiger partial charge in [-0.2, -0.15) is 0 Å². The van der Waals surface area contributed by atoms with Crippen LogP contribution in [0, 0.1) is 27.9 Å². The maximum atomic E-state index is 12.6. The van der Waals surface area contributed by atoms with Crippen molar-refractivity contribution >= 4 is 17.3 Å². The molecule has 0 spiro atoms. The first-order valence-electron chi connectivity index (χ1n) is 10.7. The van der Waals surface area contributed by atoms with Gasteiger partial charge < -0.3 is 10.1 Å². The molecule has 2 aromatic rings. The highest BCUT2D eigenvalue weighted by molar-refractivity contribution is 6.04. The monoisotopic (exact) mass is 406 g/mol. The van der Waals surface area contributed by atoms with Crippen molar-refractivity contribution in [1.82, 2.24) is 0 Å². The standard InChI is InChI=1S/C24H26N2O4/c1-30-22-7-2-18(11-21(22)26(28)29)23(27)25-20-5-3-19(4-6-20)24-12-15-8-16(13-24)10-17(9-15)14-24/h2-7,11,15-17H,8-10,12-14H2,1H3,(H,25,27). The fourth-order valence-corrected chi connectivity index (χ4v) is 6.55. The van der Waals surface area contributed by atoms with E-state index in [0.29, 0.717) is 11.1 Å².